The van der Waals surface area contributed by atoms with Gasteiger partial charge in [0, 0.05) is 9.26 Å². The van der Waals surface area contributed by atoms with Gasteiger partial charge >= 0.3 is 10.1 Å². The topological polar surface area (TPSA) is 96.3 Å². The number of rotatable bonds is 6. The SMILES string of the molecule is Cc1ccc(S(=O)(=O)Oc2ccc(/C=C(/C#N)C(=O)Nc3ccc(I)cc3)cc2Br)cc1. The molecule has 3 rings (SSSR count). The second-order valence-corrected chi connectivity index (χ2v) is 10.3. The molecule has 0 saturated heterocycles. The number of carbonyl (C=O) groups is 1. The van der Waals surface area contributed by atoms with Gasteiger partial charge in [0.25, 0.3) is 5.91 Å². The normalized spacial score (nSPS) is 11.5. The number of amides is 1. The summed E-state index contributed by atoms with van der Waals surface area (Å²) < 4.78 is 31.6. The molecule has 162 valence electrons. The van der Waals surface area contributed by atoms with Gasteiger partial charge in [-0.15, -0.1) is 0 Å². The van der Waals surface area contributed by atoms with Gasteiger partial charge < -0.3 is 9.50 Å². The van der Waals surface area contributed by atoms with Crippen LogP contribution in [0, 0.1) is 21.8 Å². The molecular weight excluding hydrogens is 607 g/mol. The highest BCUT2D eigenvalue weighted by Gasteiger charge is 2.18. The number of aryl methyl sites for hydroxylation is 1. The second kappa shape index (κ2) is 10.3. The molecule has 0 radical (unpaired) electrons. The lowest BCUT2D eigenvalue weighted by Crippen LogP contribution is -2.13. The third-order valence-corrected chi connectivity index (χ3v) is 6.83. The fraction of sp³-hybridized carbons (Fsp3) is 0.0435. The lowest BCUT2D eigenvalue weighted by Gasteiger charge is -2.10. The molecule has 0 aromatic heterocycles. The van der Waals surface area contributed by atoms with E-state index in [0.29, 0.717) is 15.7 Å². The zero-order valence-corrected chi connectivity index (χ0v) is 21.2. The summed E-state index contributed by atoms with van der Waals surface area (Å²) in [5.74, 6) is -0.461. The Balaban J connectivity index is 1.79. The summed E-state index contributed by atoms with van der Waals surface area (Å²) in [4.78, 5) is 12.5. The molecule has 0 heterocycles. The first kappa shape index (κ1) is 24.0. The Labute approximate surface area is 208 Å². The summed E-state index contributed by atoms with van der Waals surface area (Å²) in [6.07, 6.45) is 1.41. The molecular formula is C23H16BrIN2O4S. The number of halogens is 2. The minimum absolute atomic E-state index is 0.0398. The van der Waals surface area contributed by atoms with Crippen molar-refractivity contribution in [2.45, 2.75) is 11.8 Å². The van der Waals surface area contributed by atoms with Crippen LogP contribution in [-0.4, -0.2) is 14.3 Å². The number of nitrogens with one attached hydrogen (secondary N) is 1. The summed E-state index contributed by atoms with van der Waals surface area (Å²) in [5, 5.41) is 12.1. The van der Waals surface area contributed by atoms with Crippen molar-refractivity contribution in [2.75, 3.05) is 5.32 Å². The minimum atomic E-state index is -4.01. The number of benzene rings is 3. The van der Waals surface area contributed by atoms with E-state index in [1.807, 2.05) is 25.1 Å². The monoisotopic (exact) mass is 622 g/mol. The van der Waals surface area contributed by atoms with Crippen molar-refractivity contribution >= 4 is 66.3 Å². The zero-order valence-electron chi connectivity index (χ0n) is 16.7. The lowest BCUT2D eigenvalue weighted by molar-refractivity contribution is -0.112. The van der Waals surface area contributed by atoms with E-state index < -0.39 is 16.0 Å². The second-order valence-electron chi connectivity index (χ2n) is 6.67. The zero-order chi connectivity index (χ0) is 23.3. The van der Waals surface area contributed by atoms with Crippen molar-refractivity contribution in [3.05, 3.63) is 91.5 Å². The van der Waals surface area contributed by atoms with Crippen LogP contribution >= 0.6 is 38.5 Å². The maximum atomic E-state index is 12.5. The highest BCUT2D eigenvalue weighted by atomic mass is 127. The molecule has 1 N–H and O–H groups in total. The largest absolute Gasteiger partial charge is 0.378 e. The van der Waals surface area contributed by atoms with Crippen molar-refractivity contribution in [2.24, 2.45) is 0 Å². The van der Waals surface area contributed by atoms with Crippen molar-refractivity contribution in [3.8, 4) is 11.8 Å². The maximum Gasteiger partial charge on any atom is 0.339 e. The Bertz CT molecular complexity index is 1330. The quantitative estimate of drug-likeness (QED) is 0.165. The predicted molar refractivity (Wildman–Crippen MR) is 135 cm³/mol. The van der Waals surface area contributed by atoms with Crippen LogP contribution in [0.25, 0.3) is 6.08 Å². The van der Waals surface area contributed by atoms with E-state index in [4.69, 9.17) is 4.18 Å². The number of hydrogen-bond donors (Lipinski definition) is 1. The van der Waals surface area contributed by atoms with Gasteiger partial charge in [-0.05, 0) is 106 Å². The molecule has 32 heavy (non-hydrogen) atoms. The Morgan fingerprint density at radius 1 is 1.09 bits per heavy atom. The predicted octanol–water partition coefficient (Wildman–Crippen LogP) is 5.68. The average molecular weight is 623 g/mol. The Hall–Kier alpha value is -2.68. The molecule has 0 spiro atoms. The van der Waals surface area contributed by atoms with Crippen LogP contribution in [0.5, 0.6) is 5.75 Å². The van der Waals surface area contributed by atoms with Gasteiger partial charge in [0.15, 0.2) is 5.75 Å². The van der Waals surface area contributed by atoms with Crippen molar-refractivity contribution in [1.29, 1.82) is 5.26 Å². The van der Waals surface area contributed by atoms with Gasteiger partial charge in [0.2, 0.25) is 0 Å². The van der Waals surface area contributed by atoms with Gasteiger partial charge in [0.1, 0.15) is 16.5 Å². The summed E-state index contributed by atoms with van der Waals surface area (Å²) >= 11 is 5.45. The van der Waals surface area contributed by atoms with E-state index in [9.17, 15) is 18.5 Å². The third-order valence-electron chi connectivity index (χ3n) is 4.24. The van der Waals surface area contributed by atoms with E-state index in [1.165, 1.54) is 24.3 Å². The molecule has 0 aliphatic rings. The molecule has 3 aromatic rings. The average Bonchev–Trinajstić information content (AvgIpc) is 2.75. The van der Waals surface area contributed by atoms with E-state index in [1.54, 1.807) is 36.4 Å². The van der Waals surface area contributed by atoms with E-state index in [-0.39, 0.29) is 16.2 Å². The Morgan fingerprint density at radius 2 is 1.75 bits per heavy atom. The highest BCUT2D eigenvalue weighted by molar-refractivity contribution is 14.1. The van der Waals surface area contributed by atoms with Gasteiger partial charge in [-0.2, -0.15) is 13.7 Å². The molecule has 3 aromatic carbocycles. The van der Waals surface area contributed by atoms with Gasteiger partial charge in [-0.25, -0.2) is 0 Å². The molecule has 0 bridgehead atoms. The smallest absolute Gasteiger partial charge is 0.339 e. The Morgan fingerprint density at radius 3 is 2.34 bits per heavy atom. The van der Waals surface area contributed by atoms with Crippen molar-refractivity contribution < 1.29 is 17.4 Å². The minimum Gasteiger partial charge on any atom is -0.378 e. The first-order valence-electron chi connectivity index (χ1n) is 9.17. The van der Waals surface area contributed by atoms with Gasteiger partial charge in [0.05, 0.1) is 4.47 Å². The van der Waals surface area contributed by atoms with Gasteiger partial charge in [-0.3, -0.25) is 4.79 Å². The van der Waals surface area contributed by atoms with E-state index >= 15 is 0 Å². The number of carbonyl (C=O) groups excluding carboxylic acids is 1. The molecule has 9 heteroatoms. The number of nitriles is 1. The third kappa shape index (κ3) is 6.18. The molecule has 0 fully saturated rings. The summed E-state index contributed by atoms with van der Waals surface area (Å²) in [7, 11) is -4.01. The number of nitrogens with zero attached hydrogens (tertiary/aromatic N) is 1. The first-order chi connectivity index (χ1) is 15.2. The molecule has 0 aliphatic heterocycles. The summed E-state index contributed by atoms with van der Waals surface area (Å²) in [6, 6.07) is 19.9. The number of hydrogen-bond acceptors (Lipinski definition) is 5. The maximum absolute atomic E-state index is 12.5. The van der Waals surface area contributed by atoms with Crippen LogP contribution in [-0.2, 0) is 14.9 Å². The van der Waals surface area contributed by atoms with Crippen molar-refractivity contribution in [3.63, 3.8) is 0 Å². The summed E-state index contributed by atoms with van der Waals surface area (Å²) in [6.45, 7) is 1.86. The molecule has 6 nitrogen and oxygen atoms in total. The fourth-order valence-corrected chi connectivity index (χ4v) is 4.48. The van der Waals surface area contributed by atoms with Crippen molar-refractivity contribution in [1.82, 2.24) is 0 Å². The molecule has 0 atom stereocenters. The van der Waals surface area contributed by atoms with Gasteiger partial charge in [-0.1, -0.05) is 23.8 Å². The highest BCUT2D eigenvalue weighted by Crippen LogP contribution is 2.30. The molecule has 0 aliphatic carbocycles. The van der Waals surface area contributed by atoms with Crippen LogP contribution in [0.15, 0.2) is 81.7 Å². The first-order valence-corrected chi connectivity index (χ1v) is 12.5. The lowest BCUT2D eigenvalue weighted by atomic mass is 10.1. The molecule has 1 amide bonds. The van der Waals surface area contributed by atoms with Crippen LogP contribution in [0.3, 0.4) is 0 Å². The number of anilines is 1. The van der Waals surface area contributed by atoms with Crippen LogP contribution < -0.4 is 9.50 Å². The van der Waals surface area contributed by atoms with E-state index in [0.717, 1.165) is 9.13 Å². The molecule has 0 unspecified atom stereocenters. The van der Waals surface area contributed by atoms with E-state index in [2.05, 4.69) is 43.8 Å². The Kier molecular flexibility index (Phi) is 7.71. The van der Waals surface area contributed by atoms with Crippen LogP contribution in [0.1, 0.15) is 11.1 Å². The summed E-state index contributed by atoms with van der Waals surface area (Å²) in [5.41, 5.74) is 1.92. The standard InChI is InChI=1S/C23H16BrIN2O4S/c1-15-2-9-20(10-3-15)32(29,30)31-22-11-4-16(13-21(22)24)12-17(14-26)23(28)27-19-7-5-18(25)6-8-19/h2-13H,1H3,(H,27,28)/b17-12-. The molecule has 0 saturated carbocycles. The van der Waals surface area contributed by atoms with Crippen LogP contribution in [0.4, 0.5) is 5.69 Å². The fourth-order valence-electron chi connectivity index (χ4n) is 2.59. The van der Waals surface area contributed by atoms with Crippen LogP contribution in [0.2, 0.25) is 0 Å².